The summed E-state index contributed by atoms with van der Waals surface area (Å²) in [7, 11) is 0. The Balaban J connectivity index is 2.12. The molecule has 0 aliphatic carbocycles. The minimum absolute atomic E-state index is 0.00440. The largest absolute Gasteiger partial charge is 0.494 e. The third kappa shape index (κ3) is 4.74. The zero-order chi connectivity index (χ0) is 16.7. The molecule has 0 aliphatic heterocycles. The molecule has 0 fully saturated rings. The molecule has 4 heteroatoms. The van der Waals surface area contributed by atoms with Crippen molar-refractivity contribution in [1.82, 2.24) is 0 Å². The number of rotatable bonds is 7. The third-order valence-electron chi connectivity index (χ3n) is 3.57. The SMILES string of the molecule is CCOc1ccc(Oc2ccccc2NC(=O)C(C)CC)cc1. The van der Waals surface area contributed by atoms with Gasteiger partial charge in [-0.1, -0.05) is 26.0 Å². The fraction of sp³-hybridized carbons (Fsp3) is 0.316. The van der Waals surface area contributed by atoms with E-state index in [0.717, 1.165) is 12.2 Å². The fourth-order valence-corrected chi connectivity index (χ4v) is 2.00. The first-order valence-electron chi connectivity index (χ1n) is 7.94. The van der Waals surface area contributed by atoms with E-state index in [1.54, 1.807) is 0 Å². The number of anilines is 1. The Morgan fingerprint density at radius 1 is 1.04 bits per heavy atom. The highest BCUT2D eigenvalue weighted by Gasteiger charge is 2.13. The molecule has 0 heterocycles. The van der Waals surface area contributed by atoms with E-state index in [4.69, 9.17) is 9.47 Å². The number of benzene rings is 2. The van der Waals surface area contributed by atoms with Crippen LogP contribution in [0.25, 0.3) is 0 Å². The maximum Gasteiger partial charge on any atom is 0.227 e. The highest BCUT2D eigenvalue weighted by molar-refractivity contribution is 5.93. The molecule has 0 aromatic heterocycles. The number of para-hydroxylation sites is 2. The van der Waals surface area contributed by atoms with Crippen molar-refractivity contribution in [3.05, 3.63) is 48.5 Å². The van der Waals surface area contributed by atoms with Crippen LogP contribution in [0.5, 0.6) is 17.2 Å². The summed E-state index contributed by atoms with van der Waals surface area (Å²) in [5.41, 5.74) is 0.673. The zero-order valence-corrected chi connectivity index (χ0v) is 13.8. The van der Waals surface area contributed by atoms with Crippen molar-refractivity contribution in [3.63, 3.8) is 0 Å². The van der Waals surface area contributed by atoms with Gasteiger partial charge in [0.15, 0.2) is 5.75 Å². The van der Waals surface area contributed by atoms with Crippen LogP contribution in [0.3, 0.4) is 0 Å². The highest BCUT2D eigenvalue weighted by Crippen LogP contribution is 2.30. The van der Waals surface area contributed by atoms with Crippen LogP contribution in [0, 0.1) is 5.92 Å². The van der Waals surface area contributed by atoms with Crippen molar-refractivity contribution < 1.29 is 14.3 Å². The maximum absolute atomic E-state index is 12.1. The molecule has 2 rings (SSSR count). The summed E-state index contributed by atoms with van der Waals surface area (Å²) in [6.45, 7) is 6.48. The predicted octanol–water partition coefficient (Wildman–Crippen LogP) is 4.86. The minimum atomic E-state index is -0.0338. The molecule has 1 N–H and O–H groups in total. The Kier molecular flexibility index (Phi) is 6.03. The topological polar surface area (TPSA) is 47.6 Å². The molecular weight excluding hydrogens is 290 g/mol. The summed E-state index contributed by atoms with van der Waals surface area (Å²) in [6.07, 6.45) is 0.799. The summed E-state index contributed by atoms with van der Waals surface area (Å²) in [5.74, 6) is 2.08. The lowest BCUT2D eigenvalue weighted by Crippen LogP contribution is -2.19. The van der Waals surface area contributed by atoms with Gasteiger partial charge in [0.25, 0.3) is 0 Å². The van der Waals surface area contributed by atoms with Gasteiger partial charge in [0, 0.05) is 5.92 Å². The number of hydrogen-bond acceptors (Lipinski definition) is 3. The number of carbonyl (C=O) groups is 1. The first-order valence-corrected chi connectivity index (χ1v) is 7.94. The Morgan fingerprint density at radius 3 is 2.35 bits per heavy atom. The summed E-state index contributed by atoms with van der Waals surface area (Å²) < 4.78 is 11.3. The molecule has 0 saturated heterocycles. The van der Waals surface area contributed by atoms with Gasteiger partial charge < -0.3 is 14.8 Å². The van der Waals surface area contributed by atoms with Crippen LogP contribution >= 0.6 is 0 Å². The van der Waals surface area contributed by atoms with Crippen LogP contribution in [0.4, 0.5) is 5.69 Å². The van der Waals surface area contributed by atoms with Crippen molar-refractivity contribution in [2.45, 2.75) is 27.2 Å². The van der Waals surface area contributed by atoms with Crippen molar-refractivity contribution in [2.75, 3.05) is 11.9 Å². The molecule has 4 nitrogen and oxygen atoms in total. The third-order valence-corrected chi connectivity index (χ3v) is 3.57. The summed E-state index contributed by atoms with van der Waals surface area (Å²) in [5, 5.41) is 2.92. The van der Waals surface area contributed by atoms with Gasteiger partial charge in [0.2, 0.25) is 5.91 Å². The van der Waals surface area contributed by atoms with Crippen LogP contribution in [-0.2, 0) is 4.79 Å². The Morgan fingerprint density at radius 2 is 1.70 bits per heavy atom. The molecule has 1 amide bonds. The second kappa shape index (κ2) is 8.22. The first kappa shape index (κ1) is 16.9. The zero-order valence-electron chi connectivity index (χ0n) is 13.8. The lowest BCUT2D eigenvalue weighted by Gasteiger charge is -2.14. The number of carbonyl (C=O) groups excluding carboxylic acids is 1. The standard InChI is InChI=1S/C19H23NO3/c1-4-14(3)19(21)20-17-8-6-7-9-18(17)23-16-12-10-15(11-13-16)22-5-2/h6-14H,4-5H2,1-3H3,(H,20,21). The number of amides is 1. The first-order chi connectivity index (χ1) is 11.1. The summed E-state index contributed by atoms with van der Waals surface area (Å²) in [6, 6.07) is 14.8. The van der Waals surface area contributed by atoms with Crippen molar-refractivity contribution >= 4 is 11.6 Å². The van der Waals surface area contributed by atoms with E-state index in [0.29, 0.717) is 23.8 Å². The van der Waals surface area contributed by atoms with E-state index >= 15 is 0 Å². The fourth-order valence-electron chi connectivity index (χ4n) is 2.00. The van der Waals surface area contributed by atoms with Gasteiger partial charge in [-0.2, -0.15) is 0 Å². The predicted molar refractivity (Wildman–Crippen MR) is 92.2 cm³/mol. The minimum Gasteiger partial charge on any atom is -0.494 e. The quantitative estimate of drug-likeness (QED) is 0.794. The van der Waals surface area contributed by atoms with E-state index in [1.807, 2.05) is 69.3 Å². The molecule has 122 valence electrons. The van der Waals surface area contributed by atoms with Gasteiger partial charge in [-0.3, -0.25) is 4.79 Å². The van der Waals surface area contributed by atoms with Gasteiger partial charge in [-0.25, -0.2) is 0 Å². The number of nitrogens with one attached hydrogen (secondary N) is 1. The Hall–Kier alpha value is -2.49. The molecular formula is C19H23NO3. The van der Waals surface area contributed by atoms with Crippen LogP contribution in [-0.4, -0.2) is 12.5 Å². The van der Waals surface area contributed by atoms with Gasteiger partial charge in [0.05, 0.1) is 12.3 Å². The van der Waals surface area contributed by atoms with E-state index in [1.165, 1.54) is 0 Å². The molecule has 1 unspecified atom stereocenters. The van der Waals surface area contributed by atoms with Gasteiger partial charge in [-0.15, -0.1) is 0 Å². The average molecular weight is 313 g/mol. The molecule has 2 aromatic rings. The van der Waals surface area contributed by atoms with Gasteiger partial charge in [-0.05, 0) is 49.7 Å². The smallest absolute Gasteiger partial charge is 0.227 e. The van der Waals surface area contributed by atoms with E-state index in [-0.39, 0.29) is 11.8 Å². The Labute approximate surface area is 137 Å². The van der Waals surface area contributed by atoms with E-state index < -0.39 is 0 Å². The van der Waals surface area contributed by atoms with Gasteiger partial charge in [0.1, 0.15) is 11.5 Å². The average Bonchev–Trinajstić information content (AvgIpc) is 2.57. The normalized spacial score (nSPS) is 11.6. The van der Waals surface area contributed by atoms with Crippen LogP contribution in [0.1, 0.15) is 27.2 Å². The van der Waals surface area contributed by atoms with E-state index in [2.05, 4.69) is 5.32 Å². The summed E-state index contributed by atoms with van der Waals surface area (Å²) in [4.78, 5) is 12.1. The monoisotopic (exact) mass is 313 g/mol. The molecule has 0 bridgehead atoms. The summed E-state index contributed by atoms with van der Waals surface area (Å²) >= 11 is 0. The molecule has 23 heavy (non-hydrogen) atoms. The molecule has 0 spiro atoms. The van der Waals surface area contributed by atoms with Crippen LogP contribution in [0.2, 0.25) is 0 Å². The molecule has 0 radical (unpaired) electrons. The lowest BCUT2D eigenvalue weighted by molar-refractivity contribution is -0.119. The van der Waals surface area contributed by atoms with Crippen LogP contribution in [0.15, 0.2) is 48.5 Å². The van der Waals surface area contributed by atoms with Crippen molar-refractivity contribution in [3.8, 4) is 17.2 Å². The van der Waals surface area contributed by atoms with Crippen LogP contribution < -0.4 is 14.8 Å². The second-order valence-electron chi connectivity index (χ2n) is 5.30. The number of hydrogen-bond donors (Lipinski definition) is 1. The number of ether oxygens (including phenoxy) is 2. The second-order valence-corrected chi connectivity index (χ2v) is 5.30. The molecule has 0 aliphatic rings. The van der Waals surface area contributed by atoms with Gasteiger partial charge >= 0.3 is 0 Å². The van der Waals surface area contributed by atoms with E-state index in [9.17, 15) is 4.79 Å². The maximum atomic E-state index is 12.1. The Bertz CT molecular complexity index is 637. The lowest BCUT2D eigenvalue weighted by atomic mass is 10.1. The van der Waals surface area contributed by atoms with Crippen molar-refractivity contribution in [2.24, 2.45) is 5.92 Å². The molecule has 1 atom stereocenters. The molecule has 2 aromatic carbocycles. The van der Waals surface area contributed by atoms with Crippen molar-refractivity contribution in [1.29, 1.82) is 0 Å². The molecule has 0 saturated carbocycles. The highest BCUT2D eigenvalue weighted by atomic mass is 16.5.